The van der Waals surface area contributed by atoms with Crippen LogP contribution >= 0.6 is 11.6 Å². The van der Waals surface area contributed by atoms with E-state index < -0.39 is 0 Å². The van der Waals surface area contributed by atoms with Gasteiger partial charge in [-0.05, 0) is 60.7 Å². The SMILES string of the molecule is CCC(C)Cc1cccc(OCCCOc2ccc(Cl)cc2C)c1. The van der Waals surface area contributed by atoms with Crippen LogP contribution in [0.25, 0.3) is 0 Å². The summed E-state index contributed by atoms with van der Waals surface area (Å²) >= 11 is 5.95. The van der Waals surface area contributed by atoms with Gasteiger partial charge in [-0.25, -0.2) is 0 Å². The van der Waals surface area contributed by atoms with Crippen LogP contribution in [-0.2, 0) is 6.42 Å². The van der Waals surface area contributed by atoms with Crippen LogP contribution < -0.4 is 9.47 Å². The van der Waals surface area contributed by atoms with Crippen LogP contribution in [0.2, 0.25) is 5.02 Å². The molecule has 3 heteroatoms. The summed E-state index contributed by atoms with van der Waals surface area (Å²) < 4.78 is 11.6. The van der Waals surface area contributed by atoms with Gasteiger partial charge in [0.1, 0.15) is 11.5 Å². The summed E-state index contributed by atoms with van der Waals surface area (Å²) in [5, 5.41) is 0.737. The summed E-state index contributed by atoms with van der Waals surface area (Å²) in [6.45, 7) is 7.80. The average molecular weight is 347 g/mol. The van der Waals surface area contributed by atoms with Crippen LogP contribution in [0.15, 0.2) is 42.5 Å². The molecule has 2 nitrogen and oxygen atoms in total. The maximum absolute atomic E-state index is 5.95. The van der Waals surface area contributed by atoms with E-state index in [0.717, 1.165) is 34.9 Å². The molecular weight excluding hydrogens is 320 g/mol. The molecule has 0 aliphatic heterocycles. The van der Waals surface area contributed by atoms with Gasteiger partial charge in [0.05, 0.1) is 13.2 Å². The first-order valence-electron chi connectivity index (χ1n) is 8.69. The lowest BCUT2D eigenvalue weighted by Gasteiger charge is -2.12. The molecule has 1 atom stereocenters. The first kappa shape index (κ1) is 18.7. The smallest absolute Gasteiger partial charge is 0.122 e. The Morgan fingerprint density at radius 1 is 1.04 bits per heavy atom. The second-order valence-corrected chi connectivity index (χ2v) is 6.76. The van der Waals surface area contributed by atoms with Gasteiger partial charge < -0.3 is 9.47 Å². The Hall–Kier alpha value is -1.67. The Labute approximate surface area is 150 Å². The highest BCUT2D eigenvalue weighted by molar-refractivity contribution is 6.30. The summed E-state index contributed by atoms with van der Waals surface area (Å²) in [6, 6.07) is 14.1. The van der Waals surface area contributed by atoms with Crippen LogP contribution in [0.4, 0.5) is 0 Å². The highest BCUT2D eigenvalue weighted by Crippen LogP contribution is 2.22. The summed E-state index contributed by atoms with van der Waals surface area (Å²) in [5.74, 6) is 2.53. The van der Waals surface area contributed by atoms with Crippen molar-refractivity contribution < 1.29 is 9.47 Å². The fraction of sp³-hybridized carbons (Fsp3) is 0.429. The number of halogens is 1. The molecule has 0 bridgehead atoms. The van der Waals surface area contributed by atoms with E-state index in [1.54, 1.807) is 0 Å². The Morgan fingerprint density at radius 2 is 1.83 bits per heavy atom. The second-order valence-electron chi connectivity index (χ2n) is 6.33. The Morgan fingerprint density at radius 3 is 2.58 bits per heavy atom. The molecule has 2 aromatic carbocycles. The molecule has 2 aromatic rings. The van der Waals surface area contributed by atoms with Gasteiger partial charge in [0.15, 0.2) is 0 Å². The fourth-order valence-electron chi connectivity index (χ4n) is 2.51. The van der Waals surface area contributed by atoms with Gasteiger partial charge >= 0.3 is 0 Å². The molecule has 1 unspecified atom stereocenters. The second kappa shape index (κ2) is 9.58. The van der Waals surface area contributed by atoms with E-state index in [1.807, 2.05) is 31.2 Å². The number of rotatable bonds is 9. The minimum Gasteiger partial charge on any atom is -0.493 e. The van der Waals surface area contributed by atoms with Gasteiger partial charge in [-0.3, -0.25) is 0 Å². The molecule has 130 valence electrons. The van der Waals surface area contributed by atoms with Gasteiger partial charge in [0, 0.05) is 11.4 Å². The summed E-state index contributed by atoms with van der Waals surface area (Å²) in [4.78, 5) is 0. The van der Waals surface area contributed by atoms with Gasteiger partial charge in [0.2, 0.25) is 0 Å². The number of ether oxygens (including phenoxy) is 2. The molecular formula is C21H27ClO2. The molecule has 0 spiro atoms. The minimum absolute atomic E-state index is 0.634. The molecule has 0 heterocycles. The molecule has 0 aromatic heterocycles. The average Bonchev–Trinajstić information content (AvgIpc) is 2.56. The quantitative estimate of drug-likeness (QED) is 0.512. The fourth-order valence-corrected chi connectivity index (χ4v) is 2.74. The lowest BCUT2D eigenvalue weighted by molar-refractivity contribution is 0.246. The molecule has 0 aliphatic rings. The van der Waals surface area contributed by atoms with Crippen molar-refractivity contribution in [2.75, 3.05) is 13.2 Å². The standard InChI is InChI=1S/C21H27ClO2/c1-4-16(2)13-18-7-5-8-20(15-18)23-11-6-12-24-21-10-9-19(22)14-17(21)3/h5,7-10,14-16H,4,6,11-13H2,1-3H3. The molecule has 0 fully saturated rings. The van der Waals surface area contributed by atoms with Crippen LogP contribution in [-0.4, -0.2) is 13.2 Å². The van der Waals surface area contributed by atoms with Crippen molar-refractivity contribution >= 4 is 11.6 Å². The van der Waals surface area contributed by atoms with E-state index in [2.05, 4.69) is 32.0 Å². The molecule has 0 radical (unpaired) electrons. The third-order valence-electron chi connectivity index (χ3n) is 4.13. The highest BCUT2D eigenvalue weighted by atomic mass is 35.5. The van der Waals surface area contributed by atoms with Crippen molar-refractivity contribution in [3.63, 3.8) is 0 Å². The minimum atomic E-state index is 0.634. The van der Waals surface area contributed by atoms with Gasteiger partial charge in [-0.2, -0.15) is 0 Å². The van der Waals surface area contributed by atoms with Gasteiger partial charge in [0.25, 0.3) is 0 Å². The first-order valence-corrected chi connectivity index (χ1v) is 9.07. The lowest BCUT2D eigenvalue weighted by atomic mass is 9.99. The van der Waals surface area contributed by atoms with Crippen LogP contribution in [0, 0.1) is 12.8 Å². The third kappa shape index (κ3) is 6.09. The molecule has 0 saturated heterocycles. The van der Waals surface area contributed by atoms with Gasteiger partial charge in [-0.15, -0.1) is 0 Å². The molecule has 2 rings (SSSR count). The normalized spacial score (nSPS) is 12.0. The van der Waals surface area contributed by atoms with Crippen molar-refractivity contribution in [2.24, 2.45) is 5.92 Å². The monoisotopic (exact) mass is 346 g/mol. The molecule has 0 amide bonds. The van der Waals surface area contributed by atoms with Gasteiger partial charge in [-0.1, -0.05) is 44.0 Å². The number of benzene rings is 2. The first-order chi connectivity index (χ1) is 11.6. The zero-order valence-electron chi connectivity index (χ0n) is 14.8. The highest BCUT2D eigenvalue weighted by Gasteiger charge is 2.03. The van der Waals surface area contributed by atoms with E-state index >= 15 is 0 Å². The Balaban J connectivity index is 1.73. The van der Waals surface area contributed by atoms with E-state index in [1.165, 1.54) is 12.0 Å². The zero-order chi connectivity index (χ0) is 17.4. The van der Waals surface area contributed by atoms with Crippen molar-refractivity contribution in [1.29, 1.82) is 0 Å². The van der Waals surface area contributed by atoms with E-state index in [4.69, 9.17) is 21.1 Å². The topological polar surface area (TPSA) is 18.5 Å². The molecule has 0 aliphatic carbocycles. The third-order valence-corrected chi connectivity index (χ3v) is 4.37. The number of hydrogen-bond donors (Lipinski definition) is 0. The van der Waals surface area contributed by atoms with Crippen molar-refractivity contribution in [3.05, 3.63) is 58.6 Å². The largest absolute Gasteiger partial charge is 0.493 e. The van der Waals surface area contributed by atoms with Crippen LogP contribution in [0.1, 0.15) is 37.8 Å². The maximum atomic E-state index is 5.95. The van der Waals surface area contributed by atoms with Crippen molar-refractivity contribution in [1.82, 2.24) is 0 Å². The lowest BCUT2D eigenvalue weighted by Crippen LogP contribution is -2.06. The van der Waals surface area contributed by atoms with Crippen molar-refractivity contribution in [3.8, 4) is 11.5 Å². The Bertz CT molecular complexity index is 639. The number of aryl methyl sites for hydroxylation is 1. The molecule has 0 N–H and O–H groups in total. The van der Waals surface area contributed by atoms with Crippen LogP contribution in [0.5, 0.6) is 11.5 Å². The maximum Gasteiger partial charge on any atom is 0.122 e. The van der Waals surface area contributed by atoms with E-state index in [0.29, 0.717) is 19.1 Å². The molecule has 0 saturated carbocycles. The predicted molar refractivity (Wildman–Crippen MR) is 101 cm³/mol. The van der Waals surface area contributed by atoms with Crippen LogP contribution in [0.3, 0.4) is 0 Å². The zero-order valence-corrected chi connectivity index (χ0v) is 15.6. The summed E-state index contributed by atoms with van der Waals surface area (Å²) in [6.07, 6.45) is 3.15. The van der Waals surface area contributed by atoms with E-state index in [-0.39, 0.29) is 0 Å². The summed E-state index contributed by atoms with van der Waals surface area (Å²) in [7, 11) is 0. The van der Waals surface area contributed by atoms with Crippen molar-refractivity contribution in [2.45, 2.75) is 40.0 Å². The molecule has 24 heavy (non-hydrogen) atoms. The van der Waals surface area contributed by atoms with E-state index in [9.17, 15) is 0 Å². The number of hydrogen-bond acceptors (Lipinski definition) is 2. The summed E-state index contributed by atoms with van der Waals surface area (Å²) in [5.41, 5.74) is 2.40. The predicted octanol–water partition coefficient (Wildman–Crippen LogP) is 6.08. The Kier molecular flexibility index (Phi) is 7.45.